The summed E-state index contributed by atoms with van der Waals surface area (Å²) in [6, 6.07) is 1.96. The second kappa shape index (κ2) is 5.31. The Hall–Kier alpha value is -1.36. The van der Waals surface area contributed by atoms with E-state index in [0.29, 0.717) is 0 Å². The molecule has 0 unspecified atom stereocenters. The fourth-order valence-corrected chi connectivity index (χ4v) is 1.68. The molecule has 5 nitrogen and oxygen atoms in total. The molecule has 1 aromatic heterocycles. The lowest BCUT2D eigenvalue weighted by Crippen LogP contribution is -2.41. The van der Waals surface area contributed by atoms with Crippen molar-refractivity contribution in [1.29, 1.82) is 0 Å². The van der Waals surface area contributed by atoms with Crippen molar-refractivity contribution >= 4 is 11.6 Å². The molecule has 5 heteroatoms. The normalized spacial score (nSPS) is 11.4. The molecule has 0 saturated carbocycles. The van der Waals surface area contributed by atoms with Crippen LogP contribution in [0.5, 0.6) is 0 Å². The largest absolute Gasteiger partial charge is 0.364 e. The molecule has 96 valence electrons. The number of likely N-dealkylation sites (N-methyl/N-ethyl adjacent to an activating group) is 1. The van der Waals surface area contributed by atoms with Crippen LogP contribution in [0.3, 0.4) is 0 Å². The SMILES string of the molecule is CNCC(C)(C)Nc1cc(N(C)C)nc(C)n1. The van der Waals surface area contributed by atoms with Crippen LogP contribution in [0.1, 0.15) is 19.7 Å². The maximum atomic E-state index is 4.41. The molecule has 17 heavy (non-hydrogen) atoms. The zero-order chi connectivity index (χ0) is 13.1. The van der Waals surface area contributed by atoms with Crippen molar-refractivity contribution in [3.8, 4) is 0 Å². The summed E-state index contributed by atoms with van der Waals surface area (Å²) in [7, 11) is 5.90. The van der Waals surface area contributed by atoms with E-state index >= 15 is 0 Å². The first-order chi connectivity index (χ1) is 7.84. The van der Waals surface area contributed by atoms with Crippen LogP contribution in [-0.4, -0.2) is 43.2 Å². The van der Waals surface area contributed by atoms with Gasteiger partial charge in [0.05, 0.1) is 0 Å². The van der Waals surface area contributed by atoms with E-state index < -0.39 is 0 Å². The maximum Gasteiger partial charge on any atom is 0.133 e. The van der Waals surface area contributed by atoms with Crippen LogP contribution >= 0.6 is 0 Å². The molecule has 0 amide bonds. The van der Waals surface area contributed by atoms with Gasteiger partial charge in [0.15, 0.2) is 0 Å². The van der Waals surface area contributed by atoms with E-state index in [1.807, 2.05) is 39.0 Å². The molecule has 0 aliphatic carbocycles. The van der Waals surface area contributed by atoms with E-state index in [4.69, 9.17) is 0 Å². The molecule has 0 aromatic carbocycles. The Morgan fingerprint density at radius 2 is 1.94 bits per heavy atom. The maximum absolute atomic E-state index is 4.41. The van der Waals surface area contributed by atoms with Gasteiger partial charge in [-0.3, -0.25) is 0 Å². The van der Waals surface area contributed by atoms with Crippen LogP contribution < -0.4 is 15.5 Å². The van der Waals surface area contributed by atoms with E-state index in [0.717, 1.165) is 24.0 Å². The van der Waals surface area contributed by atoms with Crippen molar-refractivity contribution < 1.29 is 0 Å². The summed E-state index contributed by atoms with van der Waals surface area (Å²) < 4.78 is 0. The lowest BCUT2D eigenvalue weighted by atomic mass is 10.1. The summed E-state index contributed by atoms with van der Waals surface area (Å²) in [5, 5.41) is 6.58. The van der Waals surface area contributed by atoms with Crippen molar-refractivity contribution in [2.45, 2.75) is 26.3 Å². The highest BCUT2D eigenvalue weighted by Gasteiger charge is 2.17. The van der Waals surface area contributed by atoms with E-state index in [1.165, 1.54) is 0 Å². The smallest absolute Gasteiger partial charge is 0.133 e. The fourth-order valence-electron chi connectivity index (χ4n) is 1.68. The number of hydrogen-bond donors (Lipinski definition) is 2. The molecule has 0 aliphatic rings. The number of nitrogens with one attached hydrogen (secondary N) is 2. The predicted molar refractivity (Wildman–Crippen MR) is 72.7 cm³/mol. The van der Waals surface area contributed by atoms with Crippen molar-refractivity contribution in [3.05, 3.63) is 11.9 Å². The molecule has 0 spiro atoms. The van der Waals surface area contributed by atoms with Crippen molar-refractivity contribution in [2.24, 2.45) is 0 Å². The minimum Gasteiger partial charge on any atom is -0.364 e. The predicted octanol–water partition coefficient (Wildman–Crippen LogP) is 1.26. The zero-order valence-corrected chi connectivity index (χ0v) is 11.6. The van der Waals surface area contributed by atoms with Crippen LogP contribution in [0.25, 0.3) is 0 Å². The van der Waals surface area contributed by atoms with Gasteiger partial charge < -0.3 is 15.5 Å². The summed E-state index contributed by atoms with van der Waals surface area (Å²) in [6.45, 7) is 7.04. The Balaban J connectivity index is 2.91. The summed E-state index contributed by atoms with van der Waals surface area (Å²) in [5.41, 5.74) is -0.0425. The van der Waals surface area contributed by atoms with Gasteiger partial charge in [-0.25, -0.2) is 9.97 Å². The van der Waals surface area contributed by atoms with Crippen LogP contribution in [-0.2, 0) is 0 Å². The molecule has 2 N–H and O–H groups in total. The molecule has 0 atom stereocenters. The Morgan fingerprint density at radius 1 is 1.29 bits per heavy atom. The quantitative estimate of drug-likeness (QED) is 0.807. The number of nitrogens with zero attached hydrogens (tertiary/aromatic N) is 3. The van der Waals surface area contributed by atoms with Gasteiger partial charge in [0.1, 0.15) is 17.5 Å². The summed E-state index contributed by atoms with van der Waals surface area (Å²) in [5.74, 6) is 2.56. The monoisotopic (exact) mass is 237 g/mol. The highest BCUT2D eigenvalue weighted by atomic mass is 15.2. The average Bonchev–Trinajstić information content (AvgIpc) is 2.15. The molecule has 1 rings (SSSR count). The zero-order valence-electron chi connectivity index (χ0n) is 11.6. The highest BCUT2D eigenvalue weighted by molar-refractivity contribution is 5.49. The third-order valence-electron chi connectivity index (χ3n) is 2.37. The van der Waals surface area contributed by atoms with Crippen LogP contribution in [0, 0.1) is 6.92 Å². The Bertz CT molecular complexity index is 373. The van der Waals surface area contributed by atoms with Gasteiger partial charge in [0.2, 0.25) is 0 Å². The van der Waals surface area contributed by atoms with E-state index in [-0.39, 0.29) is 5.54 Å². The molecular formula is C12H23N5. The number of anilines is 2. The number of aromatic nitrogens is 2. The number of rotatable bonds is 5. The third-order valence-corrected chi connectivity index (χ3v) is 2.37. The molecule has 0 bridgehead atoms. The summed E-state index contributed by atoms with van der Waals surface area (Å²) >= 11 is 0. The van der Waals surface area contributed by atoms with Crippen molar-refractivity contribution in [3.63, 3.8) is 0 Å². The highest BCUT2D eigenvalue weighted by Crippen LogP contribution is 2.17. The second-order valence-corrected chi connectivity index (χ2v) is 5.09. The molecule has 0 fully saturated rings. The van der Waals surface area contributed by atoms with Gasteiger partial charge in [-0.05, 0) is 27.8 Å². The van der Waals surface area contributed by atoms with Crippen LogP contribution in [0.4, 0.5) is 11.6 Å². The van der Waals surface area contributed by atoms with Crippen LogP contribution in [0.15, 0.2) is 6.07 Å². The van der Waals surface area contributed by atoms with Gasteiger partial charge in [-0.2, -0.15) is 0 Å². The van der Waals surface area contributed by atoms with Gasteiger partial charge in [-0.1, -0.05) is 0 Å². The third kappa shape index (κ3) is 4.19. The van der Waals surface area contributed by atoms with Gasteiger partial charge in [-0.15, -0.1) is 0 Å². The van der Waals surface area contributed by atoms with Gasteiger partial charge in [0.25, 0.3) is 0 Å². The minimum absolute atomic E-state index is 0.0425. The molecule has 0 radical (unpaired) electrons. The topological polar surface area (TPSA) is 53.1 Å². The fraction of sp³-hybridized carbons (Fsp3) is 0.667. The summed E-state index contributed by atoms with van der Waals surface area (Å²) in [4.78, 5) is 10.8. The standard InChI is InChI=1S/C12H23N5/c1-9-14-10(7-11(15-9)17(5)6)16-12(2,3)8-13-4/h7,13H,8H2,1-6H3,(H,14,15,16). The molecule has 1 aromatic rings. The molecule has 0 saturated heterocycles. The van der Waals surface area contributed by atoms with Gasteiger partial charge in [0, 0.05) is 32.2 Å². The minimum atomic E-state index is -0.0425. The van der Waals surface area contributed by atoms with Crippen molar-refractivity contribution in [1.82, 2.24) is 15.3 Å². The molecular weight excluding hydrogens is 214 g/mol. The Morgan fingerprint density at radius 3 is 2.47 bits per heavy atom. The van der Waals surface area contributed by atoms with Crippen molar-refractivity contribution in [2.75, 3.05) is 37.9 Å². The summed E-state index contributed by atoms with van der Waals surface area (Å²) in [6.07, 6.45) is 0. The Kier molecular flexibility index (Phi) is 4.28. The van der Waals surface area contributed by atoms with E-state index in [9.17, 15) is 0 Å². The van der Waals surface area contributed by atoms with E-state index in [2.05, 4.69) is 34.4 Å². The Labute approximate surface area is 104 Å². The van der Waals surface area contributed by atoms with Gasteiger partial charge >= 0.3 is 0 Å². The first-order valence-corrected chi connectivity index (χ1v) is 5.80. The lowest BCUT2D eigenvalue weighted by molar-refractivity contribution is 0.528. The van der Waals surface area contributed by atoms with Crippen LogP contribution in [0.2, 0.25) is 0 Å². The number of aryl methyl sites for hydroxylation is 1. The first-order valence-electron chi connectivity index (χ1n) is 5.80. The second-order valence-electron chi connectivity index (χ2n) is 5.09. The molecule has 0 aliphatic heterocycles. The lowest BCUT2D eigenvalue weighted by Gasteiger charge is -2.27. The molecule has 1 heterocycles. The first kappa shape index (κ1) is 13.7. The number of hydrogen-bond acceptors (Lipinski definition) is 5. The average molecular weight is 237 g/mol. The van der Waals surface area contributed by atoms with E-state index in [1.54, 1.807) is 0 Å².